The lowest BCUT2D eigenvalue weighted by atomic mass is 10.1. The van der Waals surface area contributed by atoms with Crippen LogP contribution in [0.15, 0.2) is 18.2 Å². The molecule has 0 bridgehead atoms. The molecular formula is C19H22F3N3O2. The molecule has 8 heteroatoms. The second-order valence-electron chi connectivity index (χ2n) is 6.74. The number of fused-ring (bicyclic) bond motifs is 1. The van der Waals surface area contributed by atoms with E-state index in [4.69, 9.17) is 4.74 Å². The first-order valence-electron chi connectivity index (χ1n) is 8.90. The molecule has 0 aliphatic heterocycles. The number of rotatable bonds is 4. The Morgan fingerprint density at radius 3 is 2.70 bits per heavy atom. The summed E-state index contributed by atoms with van der Waals surface area (Å²) in [4.78, 5) is 12.5. The Hall–Kier alpha value is -2.51. The number of nitrogens with zero attached hydrogens (tertiary/aromatic N) is 2. The lowest BCUT2D eigenvalue weighted by Crippen LogP contribution is -2.21. The van der Waals surface area contributed by atoms with E-state index in [0.717, 1.165) is 18.4 Å². The second-order valence-corrected chi connectivity index (χ2v) is 6.74. The molecule has 0 fully saturated rings. The number of aromatic nitrogens is 2. The van der Waals surface area contributed by atoms with Crippen LogP contribution in [-0.2, 0) is 30.4 Å². The number of hydrogen-bond acceptors (Lipinski definition) is 3. The molecule has 0 atom stereocenters. The molecule has 146 valence electrons. The Labute approximate surface area is 155 Å². The molecular weight excluding hydrogens is 359 g/mol. The number of aryl methyl sites for hydroxylation is 1. The van der Waals surface area contributed by atoms with Gasteiger partial charge in [-0.2, -0.15) is 18.3 Å². The molecule has 0 unspecified atom stereocenters. The van der Waals surface area contributed by atoms with E-state index in [0.29, 0.717) is 36.4 Å². The van der Waals surface area contributed by atoms with Crippen molar-refractivity contribution >= 4 is 11.6 Å². The number of benzene rings is 1. The summed E-state index contributed by atoms with van der Waals surface area (Å²) >= 11 is 0. The van der Waals surface area contributed by atoms with Gasteiger partial charge in [-0.25, -0.2) is 0 Å². The number of carbonyl (C=O) groups excluding carboxylic acids is 1. The van der Waals surface area contributed by atoms with Crippen LogP contribution in [0.4, 0.5) is 18.9 Å². The van der Waals surface area contributed by atoms with Gasteiger partial charge in [0.1, 0.15) is 12.3 Å². The fraction of sp³-hybridized carbons (Fsp3) is 0.474. The fourth-order valence-electron chi connectivity index (χ4n) is 3.45. The average Bonchev–Trinajstić information content (AvgIpc) is 2.77. The van der Waals surface area contributed by atoms with Crippen molar-refractivity contribution in [3.8, 4) is 5.75 Å². The lowest BCUT2D eigenvalue weighted by molar-refractivity contribution is -0.142. The van der Waals surface area contributed by atoms with Crippen molar-refractivity contribution in [2.75, 3.05) is 12.4 Å². The number of hydrogen-bond donors (Lipinski definition) is 1. The van der Waals surface area contributed by atoms with Gasteiger partial charge in [0.2, 0.25) is 5.91 Å². The maximum atomic E-state index is 13.4. The summed E-state index contributed by atoms with van der Waals surface area (Å²) in [5, 5.41) is 6.46. The van der Waals surface area contributed by atoms with Crippen molar-refractivity contribution in [2.45, 2.75) is 51.7 Å². The minimum absolute atomic E-state index is 0.237. The molecule has 1 aliphatic carbocycles. The predicted octanol–water partition coefficient (Wildman–Crippen LogP) is 4.13. The zero-order chi connectivity index (χ0) is 19.6. The predicted molar refractivity (Wildman–Crippen MR) is 94.8 cm³/mol. The summed E-state index contributed by atoms with van der Waals surface area (Å²) < 4.78 is 46.5. The average molecular weight is 381 g/mol. The van der Waals surface area contributed by atoms with Crippen LogP contribution in [0.1, 0.15) is 41.8 Å². The Morgan fingerprint density at radius 2 is 2.00 bits per heavy atom. The van der Waals surface area contributed by atoms with Crippen LogP contribution in [0.3, 0.4) is 0 Å². The Morgan fingerprint density at radius 1 is 1.26 bits per heavy atom. The van der Waals surface area contributed by atoms with Gasteiger partial charge in [-0.15, -0.1) is 0 Å². The Kier molecular flexibility index (Phi) is 5.43. The molecule has 1 amide bonds. The lowest BCUT2D eigenvalue weighted by Gasteiger charge is -2.12. The van der Waals surface area contributed by atoms with Crippen LogP contribution in [0.5, 0.6) is 5.75 Å². The van der Waals surface area contributed by atoms with Crippen LogP contribution in [0, 0.1) is 6.92 Å². The number of anilines is 1. The van der Waals surface area contributed by atoms with Gasteiger partial charge in [0, 0.05) is 11.3 Å². The maximum Gasteiger partial charge on any atom is 0.435 e. The molecule has 3 rings (SSSR count). The van der Waals surface area contributed by atoms with Crippen LogP contribution in [0.25, 0.3) is 0 Å². The van der Waals surface area contributed by atoms with Crippen LogP contribution >= 0.6 is 0 Å². The molecule has 1 aliphatic rings. The standard InChI is InChI=1S/C19H22F3N3O2/c1-12-8-9-16(27-2)14(10-12)23-17(26)11-25-15-7-5-3-4-6-13(15)18(24-25)19(20,21)22/h8-10H,3-7,11H2,1-2H3,(H,23,26). The molecule has 2 aromatic rings. The van der Waals surface area contributed by atoms with Gasteiger partial charge in [-0.1, -0.05) is 12.5 Å². The quantitative estimate of drug-likeness (QED) is 0.811. The van der Waals surface area contributed by atoms with E-state index in [9.17, 15) is 18.0 Å². The minimum atomic E-state index is -4.52. The number of carbonyl (C=O) groups is 1. The number of amides is 1. The van der Waals surface area contributed by atoms with Crippen LogP contribution < -0.4 is 10.1 Å². The topological polar surface area (TPSA) is 56.1 Å². The zero-order valence-electron chi connectivity index (χ0n) is 15.3. The van der Waals surface area contributed by atoms with Crippen molar-refractivity contribution in [1.29, 1.82) is 0 Å². The number of alkyl halides is 3. The third-order valence-electron chi connectivity index (χ3n) is 4.70. The molecule has 0 spiro atoms. The molecule has 0 saturated carbocycles. The van der Waals surface area contributed by atoms with E-state index in [2.05, 4.69) is 10.4 Å². The van der Waals surface area contributed by atoms with E-state index >= 15 is 0 Å². The van der Waals surface area contributed by atoms with E-state index in [1.165, 1.54) is 11.8 Å². The third-order valence-corrected chi connectivity index (χ3v) is 4.70. The zero-order valence-corrected chi connectivity index (χ0v) is 15.3. The monoisotopic (exact) mass is 381 g/mol. The van der Waals surface area contributed by atoms with Crippen LogP contribution in [-0.4, -0.2) is 22.8 Å². The molecule has 1 heterocycles. The molecule has 0 radical (unpaired) electrons. The third kappa shape index (κ3) is 4.26. The number of nitrogens with one attached hydrogen (secondary N) is 1. The highest BCUT2D eigenvalue weighted by Gasteiger charge is 2.39. The summed E-state index contributed by atoms with van der Waals surface area (Å²) in [5.74, 6) is 0.0476. The first-order valence-corrected chi connectivity index (χ1v) is 8.90. The molecule has 27 heavy (non-hydrogen) atoms. The summed E-state index contributed by atoms with van der Waals surface area (Å²) in [6.45, 7) is 1.60. The Balaban J connectivity index is 1.86. The number of halogens is 3. The minimum Gasteiger partial charge on any atom is -0.495 e. The van der Waals surface area contributed by atoms with Crippen molar-refractivity contribution < 1.29 is 22.7 Å². The fourth-order valence-corrected chi connectivity index (χ4v) is 3.45. The maximum absolute atomic E-state index is 13.4. The SMILES string of the molecule is COc1ccc(C)cc1NC(=O)Cn1nc(C(F)(F)F)c2c1CCCCC2. The van der Waals surface area contributed by atoms with E-state index in [-0.39, 0.29) is 12.1 Å². The van der Waals surface area contributed by atoms with Gasteiger partial charge in [-0.05, 0) is 50.3 Å². The Bertz CT molecular complexity index is 843. The van der Waals surface area contributed by atoms with Crippen molar-refractivity contribution in [3.05, 3.63) is 40.7 Å². The number of ether oxygens (including phenoxy) is 1. The van der Waals surface area contributed by atoms with Gasteiger partial charge in [-0.3, -0.25) is 9.48 Å². The highest BCUT2D eigenvalue weighted by Crippen LogP contribution is 2.35. The van der Waals surface area contributed by atoms with E-state index < -0.39 is 17.8 Å². The molecule has 0 saturated heterocycles. The molecule has 1 N–H and O–H groups in total. The van der Waals surface area contributed by atoms with Crippen molar-refractivity contribution in [1.82, 2.24) is 9.78 Å². The van der Waals surface area contributed by atoms with E-state index in [1.54, 1.807) is 12.1 Å². The van der Waals surface area contributed by atoms with Gasteiger partial charge in [0.05, 0.1) is 12.8 Å². The van der Waals surface area contributed by atoms with Crippen molar-refractivity contribution in [2.24, 2.45) is 0 Å². The highest BCUT2D eigenvalue weighted by molar-refractivity contribution is 5.92. The van der Waals surface area contributed by atoms with E-state index in [1.807, 2.05) is 13.0 Å². The molecule has 5 nitrogen and oxygen atoms in total. The second kappa shape index (κ2) is 7.62. The first-order chi connectivity index (χ1) is 12.8. The smallest absolute Gasteiger partial charge is 0.435 e. The summed E-state index contributed by atoms with van der Waals surface area (Å²) in [5.41, 5.74) is 1.31. The number of methoxy groups -OCH3 is 1. The molecule has 1 aromatic carbocycles. The van der Waals surface area contributed by atoms with Gasteiger partial charge < -0.3 is 10.1 Å². The molecule has 1 aromatic heterocycles. The summed E-state index contributed by atoms with van der Waals surface area (Å²) in [6.07, 6.45) is -1.30. The largest absolute Gasteiger partial charge is 0.495 e. The van der Waals surface area contributed by atoms with Gasteiger partial charge >= 0.3 is 6.18 Å². The normalized spacial score (nSPS) is 14.4. The first kappa shape index (κ1) is 19.3. The summed E-state index contributed by atoms with van der Waals surface area (Å²) in [7, 11) is 1.49. The van der Waals surface area contributed by atoms with Crippen molar-refractivity contribution in [3.63, 3.8) is 0 Å². The highest BCUT2D eigenvalue weighted by atomic mass is 19.4. The van der Waals surface area contributed by atoms with Gasteiger partial charge in [0.15, 0.2) is 5.69 Å². The summed E-state index contributed by atoms with van der Waals surface area (Å²) in [6, 6.07) is 5.32. The van der Waals surface area contributed by atoms with Crippen LogP contribution in [0.2, 0.25) is 0 Å². The van der Waals surface area contributed by atoms with Gasteiger partial charge in [0.25, 0.3) is 0 Å².